The molecule has 1 aliphatic rings. The number of carbonyl (C=O) groups excluding carboxylic acids is 1. The van der Waals surface area contributed by atoms with Crippen LogP contribution in [0.1, 0.15) is 17.2 Å². The molecular formula is C27H28N4O3S. The molecule has 0 atom stereocenters. The van der Waals surface area contributed by atoms with Crippen LogP contribution >= 0.6 is 11.3 Å². The number of methoxy groups -OCH3 is 2. The van der Waals surface area contributed by atoms with Gasteiger partial charge >= 0.3 is 6.03 Å². The van der Waals surface area contributed by atoms with Crippen molar-refractivity contribution in [3.8, 4) is 11.5 Å². The van der Waals surface area contributed by atoms with E-state index in [0.717, 1.165) is 38.0 Å². The number of nitrogens with zero attached hydrogens (tertiary/aromatic N) is 3. The Morgan fingerprint density at radius 2 is 1.43 bits per heavy atom. The molecule has 180 valence electrons. The smallest absolute Gasteiger partial charge is 0.318 e. The summed E-state index contributed by atoms with van der Waals surface area (Å²) < 4.78 is 12.0. The Labute approximate surface area is 208 Å². The number of fused-ring (bicyclic) bond motifs is 1. The topological polar surface area (TPSA) is 66.9 Å². The average molecular weight is 489 g/mol. The minimum absolute atomic E-state index is 0.0602. The first-order valence-electron chi connectivity index (χ1n) is 11.6. The number of benzene rings is 3. The van der Waals surface area contributed by atoms with Crippen LogP contribution in [0.3, 0.4) is 0 Å². The van der Waals surface area contributed by atoms with Crippen molar-refractivity contribution in [3.63, 3.8) is 0 Å². The van der Waals surface area contributed by atoms with E-state index >= 15 is 0 Å². The largest absolute Gasteiger partial charge is 0.495 e. The van der Waals surface area contributed by atoms with Crippen LogP contribution < -0.4 is 19.7 Å². The predicted molar refractivity (Wildman–Crippen MR) is 140 cm³/mol. The van der Waals surface area contributed by atoms with Gasteiger partial charge in [-0.05, 0) is 23.3 Å². The SMILES string of the molecule is COc1ccc(OC)c2sc(N3CCN(C(=O)NC(c4ccccc4)c4ccccc4)CC3)nc12. The molecule has 35 heavy (non-hydrogen) atoms. The van der Waals surface area contributed by atoms with E-state index in [4.69, 9.17) is 14.5 Å². The molecule has 1 fully saturated rings. The van der Waals surface area contributed by atoms with E-state index < -0.39 is 0 Å². The molecule has 1 aliphatic heterocycles. The van der Waals surface area contributed by atoms with Gasteiger partial charge in [0.2, 0.25) is 0 Å². The number of anilines is 1. The minimum Gasteiger partial charge on any atom is -0.495 e. The van der Waals surface area contributed by atoms with E-state index in [-0.39, 0.29) is 12.1 Å². The lowest BCUT2D eigenvalue weighted by Crippen LogP contribution is -2.52. The zero-order valence-electron chi connectivity index (χ0n) is 19.8. The lowest BCUT2D eigenvalue weighted by atomic mass is 9.99. The number of aromatic nitrogens is 1. The highest BCUT2D eigenvalue weighted by atomic mass is 32.1. The number of carbonyl (C=O) groups is 1. The van der Waals surface area contributed by atoms with Gasteiger partial charge in [-0.25, -0.2) is 9.78 Å². The summed E-state index contributed by atoms with van der Waals surface area (Å²) in [6.45, 7) is 2.65. The van der Waals surface area contributed by atoms with Crippen molar-refractivity contribution in [2.75, 3.05) is 45.3 Å². The molecule has 0 spiro atoms. The molecule has 1 aromatic heterocycles. The van der Waals surface area contributed by atoms with Crippen LogP contribution in [0.5, 0.6) is 11.5 Å². The molecule has 0 bridgehead atoms. The third-order valence-electron chi connectivity index (χ3n) is 6.27. The zero-order chi connectivity index (χ0) is 24.2. The zero-order valence-corrected chi connectivity index (χ0v) is 20.6. The molecule has 0 radical (unpaired) electrons. The van der Waals surface area contributed by atoms with Crippen molar-refractivity contribution in [2.45, 2.75) is 6.04 Å². The molecule has 3 aromatic carbocycles. The molecule has 0 aliphatic carbocycles. The Morgan fingerprint density at radius 3 is 2.00 bits per heavy atom. The standard InChI is InChI=1S/C27H28N4O3S/c1-33-21-13-14-22(34-2)25-24(21)29-27(35-25)31-17-15-30(16-18-31)26(32)28-23(19-9-5-3-6-10-19)20-11-7-4-8-12-20/h3-14,23H,15-18H2,1-2H3,(H,28,32). The number of urea groups is 1. The third-order valence-corrected chi connectivity index (χ3v) is 7.40. The molecular weight excluding hydrogens is 460 g/mol. The van der Waals surface area contributed by atoms with E-state index in [0.29, 0.717) is 26.2 Å². The van der Waals surface area contributed by atoms with Crippen LogP contribution in [0.2, 0.25) is 0 Å². The van der Waals surface area contributed by atoms with Crippen LogP contribution in [0.4, 0.5) is 9.93 Å². The first kappa shape index (κ1) is 23.0. The second-order valence-electron chi connectivity index (χ2n) is 8.32. The van der Waals surface area contributed by atoms with Crippen LogP contribution in [0, 0.1) is 0 Å². The number of amides is 2. The van der Waals surface area contributed by atoms with E-state index in [1.807, 2.05) is 77.7 Å². The molecule has 8 heteroatoms. The van der Waals surface area contributed by atoms with Gasteiger partial charge in [-0.3, -0.25) is 0 Å². The molecule has 4 aromatic rings. The fourth-order valence-corrected chi connectivity index (χ4v) is 5.50. The highest BCUT2D eigenvalue weighted by Gasteiger charge is 2.26. The highest BCUT2D eigenvalue weighted by Crippen LogP contribution is 2.40. The van der Waals surface area contributed by atoms with Gasteiger partial charge in [0.25, 0.3) is 0 Å². The number of hydrogen-bond donors (Lipinski definition) is 1. The summed E-state index contributed by atoms with van der Waals surface area (Å²) in [4.78, 5) is 22.2. The number of rotatable bonds is 6. The summed E-state index contributed by atoms with van der Waals surface area (Å²) in [5, 5.41) is 4.16. The summed E-state index contributed by atoms with van der Waals surface area (Å²) in [5.41, 5.74) is 2.92. The van der Waals surface area contributed by atoms with Gasteiger partial charge < -0.3 is 24.6 Å². The van der Waals surface area contributed by atoms with Gasteiger partial charge in [-0.1, -0.05) is 72.0 Å². The Morgan fingerprint density at radius 1 is 0.857 bits per heavy atom. The molecule has 5 rings (SSSR count). The molecule has 0 unspecified atom stereocenters. The predicted octanol–water partition coefficient (Wildman–Crippen LogP) is 4.93. The third kappa shape index (κ3) is 4.74. The summed E-state index contributed by atoms with van der Waals surface area (Å²) in [6.07, 6.45) is 0. The van der Waals surface area contributed by atoms with Gasteiger partial charge in [0.05, 0.1) is 20.3 Å². The number of hydrogen-bond acceptors (Lipinski definition) is 6. The number of nitrogens with one attached hydrogen (secondary N) is 1. The van der Waals surface area contributed by atoms with E-state index in [1.54, 1.807) is 25.6 Å². The molecule has 1 saturated heterocycles. The minimum atomic E-state index is -0.202. The molecule has 1 N–H and O–H groups in total. The maximum absolute atomic E-state index is 13.3. The summed E-state index contributed by atoms with van der Waals surface area (Å²) in [7, 11) is 3.31. The lowest BCUT2D eigenvalue weighted by molar-refractivity contribution is 0.192. The van der Waals surface area contributed by atoms with E-state index in [2.05, 4.69) is 10.2 Å². The first-order chi connectivity index (χ1) is 17.2. The second-order valence-corrected chi connectivity index (χ2v) is 9.30. The van der Waals surface area contributed by atoms with E-state index in [9.17, 15) is 4.79 Å². The van der Waals surface area contributed by atoms with Gasteiger partial charge in [-0.15, -0.1) is 0 Å². The van der Waals surface area contributed by atoms with Gasteiger partial charge in [-0.2, -0.15) is 0 Å². The number of ether oxygens (including phenoxy) is 2. The average Bonchev–Trinajstić information content (AvgIpc) is 3.38. The van der Waals surface area contributed by atoms with Crippen LogP contribution in [0.15, 0.2) is 72.8 Å². The maximum Gasteiger partial charge on any atom is 0.318 e. The van der Waals surface area contributed by atoms with Gasteiger partial charge in [0, 0.05) is 26.2 Å². The Bertz CT molecular complexity index is 1210. The highest BCUT2D eigenvalue weighted by molar-refractivity contribution is 7.22. The molecule has 7 nitrogen and oxygen atoms in total. The summed E-state index contributed by atoms with van der Waals surface area (Å²) in [6, 6.07) is 23.7. The number of thiazole rings is 1. The Kier molecular flexibility index (Phi) is 6.72. The molecule has 2 heterocycles. The lowest BCUT2D eigenvalue weighted by Gasteiger charge is -2.35. The molecule has 2 amide bonds. The monoisotopic (exact) mass is 488 g/mol. The van der Waals surface area contributed by atoms with Crippen molar-refractivity contribution in [1.82, 2.24) is 15.2 Å². The van der Waals surface area contributed by atoms with Gasteiger partial charge in [0.1, 0.15) is 21.7 Å². The van der Waals surface area contributed by atoms with Gasteiger partial charge in [0.15, 0.2) is 5.13 Å². The van der Waals surface area contributed by atoms with Crippen molar-refractivity contribution in [1.29, 1.82) is 0 Å². The summed E-state index contributed by atoms with van der Waals surface area (Å²) >= 11 is 1.59. The van der Waals surface area contributed by atoms with Crippen LogP contribution in [0.25, 0.3) is 10.2 Å². The van der Waals surface area contributed by atoms with Crippen molar-refractivity contribution in [2.24, 2.45) is 0 Å². The van der Waals surface area contributed by atoms with Crippen LogP contribution in [-0.4, -0.2) is 56.3 Å². The van der Waals surface area contributed by atoms with Crippen molar-refractivity contribution >= 4 is 32.7 Å². The quantitative estimate of drug-likeness (QED) is 0.417. The summed E-state index contributed by atoms with van der Waals surface area (Å²) in [5.74, 6) is 1.52. The molecule has 0 saturated carbocycles. The Hall–Kier alpha value is -3.78. The second kappa shape index (κ2) is 10.2. The van der Waals surface area contributed by atoms with Crippen molar-refractivity contribution < 1.29 is 14.3 Å². The Balaban J connectivity index is 1.29. The fraction of sp³-hybridized carbons (Fsp3) is 0.259. The van der Waals surface area contributed by atoms with E-state index in [1.165, 1.54) is 0 Å². The fourth-order valence-electron chi connectivity index (χ4n) is 4.38. The number of piperazine rings is 1. The maximum atomic E-state index is 13.3. The van der Waals surface area contributed by atoms with Crippen LogP contribution in [-0.2, 0) is 0 Å². The first-order valence-corrected chi connectivity index (χ1v) is 12.4. The van der Waals surface area contributed by atoms with Crippen molar-refractivity contribution in [3.05, 3.63) is 83.9 Å². The normalized spacial score (nSPS) is 13.8.